The van der Waals surface area contributed by atoms with Crippen LogP contribution in [0.2, 0.25) is 0 Å². The van der Waals surface area contributed by atoms with E-state index in [1.54, 1.807) is 12.1 Å². The molecule has 1 spiro atoms. The first kappa shape index (κ1) is 25.7. The van der Waals surface area contributed by atoms with E-state index >= 15 is 0 Å². The molecule has 1 unspecified atom stereocenters. The quantitative estimate of drug-likeness (QED) is 0.168. The van der Waals surface area contributed by atoms with Crippen LogP contribution >= 0.6 is 0 Å². The minimum absolute atomic E-state index is 0.0445. The Hall–Kier alpha value is -3.58. The minimum atomic E-state index is -2.53. The number of para-hydroxylation sites is 1. The summed E-state index contributed by atoms with van der Waals surface area (Å²) in [4.78, 5) is 35.0. The minimum Gasteiger partial charge on any atom is -0.492 e. The second-order valence-electron chi connectivity index (χ2n) is 12.0. The number of guanidine groups is 2. The maximum Gasteiger partial charge on any atom is 0.343 e. The average Bonchev–Trinajstić information content (AvgIpc) is 3.56. The van der Waals surface area contributed by atoms with Crippen molar-refractivity contribution in [2.24, 2.45) is 22.4 Å². The zero-order valence-electron chi connectivity index (χ0n) is 22.2. The number of aliphatic imine (C=N–C) groups is 1. The second kappa shape index (κ2) is 8.71. The normalized spacial score (nSPS) is 31.5. The van der Waals surface area contributed by atoms with Gasteiger partial charge in [0.1, 0.15) is 17.8 Å². The fraction of sp³-hybridized carbons (Fsp3) is 0.615. The summed E-state index contributed by atoms with van der Waals surface area (Å²) in [5, 5.41) is 32.0. The molecule has 210 valence electrons. The number of aliphatic hydroxyl groups is 2. The van der Waals surface area contributed by atoms with Gasteiger partial charge in [0.05, 0.1) is 18.7 Å². The van der Waals surface area contributed by atoms with Crippen LogP contribution in [0.3, 0.4) is 0 Å². The number of benzene rings is 1. The van der Waals surface area contributed by atoms with Crippen LogP contribution in [0.15, 0.2) is 23.2 Å². The van der Waals surface area contributed by atoms with Crippen LogP contribution in [0, 0.1) is 5.92 Å². The first-order valence-electron chi connectivity index (χ1n) is 13.5. The first-order valence-corrected chi connectivity index (χ1v) is 13.5. The van der Waals surface area contributed by atoms with Gasteiger partial charge in [0.15, 0.2) is 12.0 Å². The van der Waals surface area contributed by atoms with E-state index in [9.17, 15) is 19.8 Å². The molecule has 0 bridgehead atoms. The van der Waals surface area contributed by atoms with E-state index in [1.807, 2.05) is 6.07 Å². The van der Waals surface area contributed by atoms with Crippen molar-refractivity contribution in [1.29, 1.82) is 0 Å². The molecule has 1 saturated carbocycles. The molecule has 1 saturated heterocycles. The standard InChI is InChI=1S/C26H36N8O5/c1-24(2)8-9-39-19-14(4-3-5-15(19)24)21(36)31-17-12-34-23(28)30-16(11-29-18(35)10-13-6-7-13)20-25(34,26(17,37)38)33-22(27)32-20/h3-5,13,16-17,20,37-38H,6-12H2,1-2H3,(H2,28,30)(H,29,35)(H,31,36)(H3,27,32,33)/p+1/t16-,17?,20-,25-/m0/s1. The Morgan fingerprint density at radius 1 is 1.28 bits per heavy atom. The van der Waals surface area contributed by atoms with E-state index in [1.165, 1.54) is 4.90 Å². The summed E-state index contributed by atoms with van der Waals surface area (Å²) in [6, 6.07) is 2.82. The highest BCUT2D eigenvalue weighted by atomic mass is 16.5. The molecule has 4 atom stereocenters. The molecule has 2 amide bonds. The molecule has 13 heteroatoms. The maximum absolute atomic E-state index is 13.5. The zero-order chi connectivity index (χ0) is 27.7. The van der Waals surface area contributed by atoms with Gasteiger partial charge in [-0.2, -0.15) is 0 Å². The van der Waals surface area contributed by atoms with E-state index in [4.69, 9.17) is 16.2 Å². The number of nitrogens with two attached hydrogens (primary N) is 2. The molecule has 10 N–H and O–H groups in total. The molecule has 6 rings (SSSR count). The molecular formula is C26H37N8O5+. The highest BCUT2D eigenvalue weighted by molar-refractivity contribution is 5.98. The molecule has 0 radical (unpaired) electrons. The summed E-state index contributed by atoms with van der Waals surface area (Å²) in [7, 11) is 0. The Morgan fingerprint density at radius 2 is 2.05 bits per heavy atom. The molecule has 4 aliphatic heterocycles. The monoisotopic (exact) mass is 541 g/mol. The summed E-state index contributed by atoms with van der Waals surface area (Å²) in [6.45, 7) is 4.76. The molecule has 0 aromatic heterocycles. The molecule has 1 aromatic rings. The Kier molecular flexibility index (Phi) is 5.74. The first-order chi connectivity index (χ1) is 18.4. The van der Waals surface area contributed by atoms with Crippen LogP contribution in [0.25, 0.3) is 0 Å². The van der Waals surface area contributed by atoms with Crippen LogP contribution in [-0.2, 0) is 10.2 Å². The number of carbonyl (C=O) groups is 2. The molecule has 13 nitrogen and oxygen atoms in total. The molecule has 1 aromatic carbocycles. The van der Waals surface area contributed by atoms with Crippen molar-refractivity contribution in [2.45, 2.75) is 74.5 Å². The maximum atomic E-state index is 13.5. The number of nitrogens with one attached hydrogen (secondary N) is 4. The highest BCUT2D eigenvalue weighted by Crippen LogP contribution is 2.43. The van der Waals surface area contributed by atoms with Crippen LogP contribution in [0.5, 0.6) is 5.75 Å². The lowest BCUT2D eigenvalue weighted by Crippen LogP contribution is -2.90. The van der Waals surface area contributed by atoms with Crippen molar-refractivity contribution in [3.05, 3.63) is 29.3 Å². The van der Waals surface area contributed by atoms with E-state index in [-0.39, 0.29) is 36.3 Å². The Bertz CT molecular complexity index is 1270. The predicted octanol–water partition coefficient (Wildman–Crippen LogP) is -3.48. The molecule has 39 heavy (non-hydrogen) atoms. The fourth-order valence-electron chi connectivity index (χ4n) is 6.40. The third-order valence-electron chi connectivity index (χ3n) is 8.83. The SMILES string of the molecule is CC1(C)CCOc2c(C(=O)NC3CN4C(N)=N[C@@H](CNC(=O)CC5CC5)[C@@H]5[NH+]=C(N)N[C@@]54C3(O)O)cccc21. The number of carbonyl (C=O) groups excluding carboxylic acids is 2. The van der Waals surface area contributed by atoms with E-state index in [2.05, 4.69) is 39.8 Å². The van der Waals surface area contributed by atoms with Crippen molar-refractivity contribution in [1.82, 2.24) is 20.9 Å². The lowest BCUT2D eigenvalue weighted by Gasteiger charge is -2.46. The number of ether oxygens (including phenoxy) is 1. The molecule has 1 aliphatic carbocycles. The zero-order valence-corrected chi connectivity index (χ0v) is 22.2. The van der Waals surface area contributed by atoms with E-state index < -0.39 is 35.5 Å². The Morgan fingerprint density at radius 3 is 2.79 bits per heavy atom. The number of hydrogen-bond acceptors (Lipinski definition) is 10. The third kappa shape index (κ3) is 3.97. The van der Waals surface area contributed by atoms with Crippen molar-refractivity contribution in [3.8, 4) is 5.75 Å². The molecule has 4 heterocycles. The number of fused-ring (bicyclic) bond motifs is 1. The van der Waals surface area contributed by atoms with Gasteiger partial charge in [-0.05, 0) is 36.7 Å². The number of nitrogens with zero attached hydrogens (tertiary/aromatic N) is 2. The number of amides is 2. The van der Waals surface area contributed by atoms with Crippen LogP contribution in [0.4, 0.5) is 0 Å². The largest absolute Gasteiger partial charge is 0.492 e. The van der Waals surface area contributed by atoms with Gasteiger partial charge in [-0.25, -0.2) is 10.3 Å². The highest BCUT2D eigenvalue weighted by Gasteiger charge is 2.76. The van der Waals surface area contributed by atoms with Gasteiger partial charge in [-0.3, -0.25) is 25.2 Å². The van der Waals surface area contributed by atoms with Gasteiger partial charge in [-0.1, -0.05) is 26.0 Å². The smallest absolute Gasteiger partial charge is 0.343 e. The molecule has 5 aliphatic rings. The van der Waals surface area contributed by atoms with Crippen LogP contribution in [0.1, 0.15) is 55.5 Å². The van der Waals surface area contributed by atoms with Gasteiger partial charge in [0, 0.05) is 18.5 Å². The number of rotatable bonds is 6. The summed E-state index contributed by atoms with van der Waals surface area (Å²) in [6.07, 6.45) is 3.39. The van der Waals surface area contributed by atoms with Crippen LogP contribution < -0.4 is 37.1 Å². The van der Waals surface area contributed by atoms with Gasteiger partial charge >= 0.3 is 5.96 Å². The lowest BCUT2D eigenvalue weighted by atomic mass is 9.79. The summed E-state index contributed by atoms with van der Waals surface area (Å²) >= 11 is 0. The molecular weight excluding hydrogens is 504 g/mol. The van der Waals surface area contributed by atoms with Gasteiger partial charge in [-0.15, -0.1) is 0 Å². The van der Waals surface area contributed by atoms with E-state index in [0.717, 1.165) is 24.8 Å². The lowest BCUT2D eigenvalue weighted by molar-refractivity contribution is -0.521. The summed E-state index contributed by atoms with van der Waals surface area (Å²) in [5.74, 6) is -2.04. The fourth-order valence-corrected chi connectivity index (χ4v) is 6.40. The summed E-state index contributed by atoms with van der Waals surface area (Å²) < 4.78 is 5.90. The van der Waals surface area contributed by atoms with Gasteiger partial charge in [0.25, 0.3) is 11.6 Å². The Balaban J connectivity index is 1.26. The van der Waals surface area contributed by atoms with Crippen molar-refractivity contribution in [2.75, 3.05) is 19.7 Å². The topological polar surface area (TPSA) is 202 Å². The second-order valence-corrected chi connectivity index (χ2v) is 12.0. The number of hydrogen-bond donors (Lipinski definition) is 8. The Labute approximate surface area is 226 Å². The van der Waals surface area contributed by atoms with Crippen LogP contribution in [-0.4, -0.2) is 88.1 Å². The van der Waals surface area contributed by atoms with Crippen molar-refractivity contribution < 1.29 is 29.5 Å². The van der Waals surface area contributed by atoms with Crippen molar-refractivity contribution in [3.63, 3.8) is 0 Å². The summed E-state index contributed by atoms with van der Waals surface area (Å²) in [5.41, 5.74) is 11.9. The van der Waals surface area contributed by atoms with Gasteiger partial charge < -0.3 is 31.3 Å². The van der Waals surface area contributed by atoms with E-state index in [0.29, 0.717) is 30.3 Å². The van der Waals surface area contributed by atoms with Gasteiger partial charge in [0.2, 0.25) is 11.7 Å². The van der Waals surface area contributed by atoms with Crippen molar-refractivity contribution >= 4 is 23.7 Å². The average molecular weight is 542 g/mol. The molecule has 2 fully saturated rings. The third-order valence-corrected chi connectivity index (χ3v) is 8.83. The predicted molar refractivity (Wildman–Crippen MR) is 140 cm³/mol.